The highest BCUT2D eigenvalue weighted by molar-refractivity contribution is 5.58. The van der Waals surface area contributed by atoms with E-state index in [0.29, 0.717) is 43.5 Å². The Bertz CT molecular complexity index is 1150. The molecule has 31 heavy (non-hydrogen) atoms. The van der Waals surface area contributed by atoms with Crippen LogP contribution in [0.2, 0.25) is 0 Å². The number of anilines is 2. The Morgan fingerprint density at radius 3 is 2.61 bits per heavy atom. The van der Waals surface area contributed by atoms with Crippen molar-refractivity contribution in [2.45, 2.75) is 26.1 Å². The van der Waals surface area contributed by atoms with E-state index in [1.807, 2.05) is 24.8 Å². The molecule has 6 nitrogen and oxygen atoms in total. The summed E-state index contributed by atoms with van der Waals surface area (Å²) in [6, 6.07) is 8.09. The lowest BCUT2D eigenvalue weighted by Gasteiger charge is -2.28. The van der Waals surface area contributed by atoms with Gasteiger partial charge in [-0.3, -0.25) is 9.20 Å². The molecule has 0 amide bonds. The molecule has 0 saturated carbocycles. The normalized spacial score (nSPS) is 15.8. The molecule has 1 atom stereocenters. The Labute approximate surface area is 177 Å². The smallest absolute Gasteiger partial charge is 0.378 e. The van der Waals surface area contributed by atoms with E-state index in [2.05, 4.69) is 5.32 Å². The molecular formula is C22H23F3N4O2. The number of aryl methyl sites for hydroxylation is 1. The van der Waals surface area contributed by atoms with E-state index >= 15 is 0 Å². The quantitative estimate of drug-likeness (QED) is 0.675. The van der Waals surface area contributed by atoms with Gasteiger partial charge in [-0.1, -0.05) is 6.07 Å². The first-order valence-electron chi connectivity index (χ1n) is 10.0. The Kier molecular flexibility index (Phi) is 5.62. The first kappa shape index (κ1) is 21.2. The minimum Gasteiger partial charge on any atom is -0.378 e. The number of hydrogen-bond donors (Lipinski definition) is 1. The highest BCUT2D eigenvalue weighted by Crippen LogP contribution is 2.32. The van der Waals surface area contributed by atoms with Gasteiger partial charge in [-0.2, -0.15) is 13.2 Å². The van der Waals surface area contributed by atoms with Gasteiger partial charge in [-0.15, -0.1) is 0 Å². The molecule has 1 saturated heterocycles. The van der Waals surface area contributed by atoms with Gasteiger partial charge in [0.15, 0.2) is 0 Å². The summed E-state index contributed by atoms with van der Waals surface area (Å²) in [6.07, 6.45) is -2.70. The van der Waals surface area contributed by atoms with Crippen LogP contribution in [0.4, 0.5) is 24.7 Å². The summed E-state index contributed by atoms with van der Waals surface area (Å²) in [5.41, 5.74) is 1.47. The van der Waals surface area contributed by atoms with Crippen molar-refractivity contribution in [3.05, 3.63) is 69.6 Å². The number of pyridine rings is 1. The van der Waals surface area contributed by atoms with E-state index in [9.17, 15) is 18.0 Å². The zero-order chi connectivity index (χ0) is 22.2. The summed E-state index contributed by atoms with van der Waals surface area (Å²) in [7, 11) is 0. The van der Waals surface area contributed by atoms with Crippen LogP contribution in [0, 0.1) is 6.92 Å². The third-order valence-corrected chi connectivity index (χ3v) is 5.29. The van der Waals surface area contributed by atoms with E-state index < -0.39 is 11.7 Å². The Morgan fingerprint density at radius 1 is 1.16 bits per heavy atom. The van der Waals surface area contributed by atoms with Gasteiger partial charge in [0.05, 0.1) is 24.8 Å². The lowest BCUT2D eigenvalue weighted by atomic mass is 10.1. The van der Waals surface area contributed by atoms with Crippen LogP contribution in [-0.2, 0) is 10.9 Å². The summed E-state index contributed by atoms with van der Waals surface area (Å²) in [4.78, 5) is 19.5. The van der Waals surface area contributed by atoms with Gasteiger partial charge in [-0.25, -0.2) is 4.98 Å². The number of nitrogens with one attached hydrogen (secondary N) is 1. The fourth-order valence-corrected chi connectivity index (χ4v) is 3.74. The van der Waals surface area contributed by atoms with Gasteiger partial charge in [0.2, 0.25) is 0 Å². The monoisotopic (exact) mass is 432 g/mol. The van der Waals surface area contributed by atoms with Crippen LogP contribution in [0.5, 0.6) is 0 Å². The first-order valence-corrected chi connectivity index (χ1v) is 10.0. The standard InChI is InChI=1S/C22H23F3N4O2/c1-14-10-18(15(2)26-17-5-3-4-16(11-17)22(23,24)25)21-27-19(12-20(30)29(21)13-14)28-6-8-31-9-7-28/h3-5,10-13,15,26H,6-9H2,1-2H3. The van der Waals surface area contributed by atoms with E-state index in [1.54, 1.807) is 12.3 Å². The molecule has 3 aromatic rings. The molecule has 1 fully saturated rings. The highest BCUT2D eigenvalue weighted by atomic mass is 19.4. The number of hydrogen-bond acceptors (Lipinski definition) is 5. The van der Waals surface area contributed by atoms with Crippen molar-refractivity contribution < 1.29 is 17.9 Å². The average Bonchev–Trinajstić information content (AvgIpc) is 2.74. The fourth-order valence-electron chi connectivity index (χ4n) is 3.74. The summed E-state index contributed by atoms with van der Waals surface area (Å²) >= 11 is 0. The molecule has 1 aliphatic rings. The minimum atomic E-state index is -4.42. The largest absolute Gasteiger partial charge is 0.416 e. The summed E-state index contributed by atoms with van der Waals surface area (Å²) in [6.45, 7) is 6.11. The predicted octanol–water partition coefficient (Wildman–Crippen LogP) is 4.03. The van der Waals surface area contributed by atoms with Crippen LogP contribution in [0.1, 0.15) is 29.7 Å². The topological polar surface area (TPSA) is 58.9 Å². The van der Waals surface area contributed by atoms with Crippen LogP contribution < -0.4 is 15.8 Å². The first-order chi connectivity index (χ1) is 14.7. The molecule has 9 heteroatoms. The Hall–Kier alpha value is -3.07. The number of benzene rings is 1. The molecular weight excluding hydrogens is 409 g/mol. The number of ether oxygens (including phenoxy) is 1. The predicted molar refractivity (Wildman–Crippen MR) is 113 cm³/mol. The maximum Gasteiger partial charge on any atom is 0.416 e. The van der Waals surface area contributed by atoms with Crippen molar-refractivity contribution in [1.82, 2.24) is 9.38 Å². The molecule has 3 heterocycles. The van der Waals surface area contributed by atoms with Crippen molar-refractivity contribution in [3.63, 3.8) is 0 Å². The second kappa shape index (κ2) is 8.22. The van der Waals surface area contributed by atoms with Crippen LogP contribution in [0.15, 0.2) is 47.4 Å². The molecule has 0 aliphatic carbocycles. The molecule has 0 radical (unpaired) electrons. The van der Waals surface area contributed by atoms with Crippen molar-refractivity contribution in [3.8, 4) is 0 Å². The van der Waals surface area contributed by atoms with Crippen LogP contribution in [0.3, 0.4) is 0 Å². The van der Waals surface area contributed by atoms with Crippen molar-refractivity contribution in [1.29, 1.82) is 0 Å². The summed E-state index contributed by atoms with van der Waals surface area (Å²) in [5, 5.41) is 3.12. The van der Waals surface area contributed by atoms with Gasteiger partial charge >= 0.3 is 6.18 Å². The molecule has 2 aromatic heterocycles. The van der Waals surface area contributed by atoms with E-state index in [4.69, 9.17) is 9.72 Å². The van der Waals surface area contributed by atoms with Gasteiger partial charge in [0.1, 0.15) is 11.5 Å². The van der Waals surface area contributed by atoms with Crippen LogP contribution >= 0.6 is 0 Å². The molecule has 1 unspecified atom stereocenters. The summed E-state index contributed by atoms with van der Waals surface area (Å²) in [5.74, 6) is 0.574. The van der Waals surface area contributed by atoms with Crippen LogP contribution in [-0.4, -0.2) is 35.7 Å². The number of alkyl halides is 3. The van der Waals surface area contributed by atoms with Gasteiger partial charge in [0, 0.05) is 36.6 Å². The average molecular weight is 432 g/mol. The number of morpholine rings is 1. The zero-order valence-electron chi connectivity index (χ0n) is 17.2. The third-order valence-electron chi connectivity index (χ3n) is 5.29. The Balaban J connectivity index is 1.73. The van der Waals surface area contributed by atoms with Crippen LogP contribution in [0.25, 0.3) is 5.65 Å². The molecule has 0 spiro atoms. The third kappa shape index (κ3) is 4.51. The number of fused-ring (bicyclic) bond motifs is 1. The molecule has 1 N–H and O–H groups in total. The number of aromatic nitrogens is 2. The van der Waals surface area contributed by atoms with Gasteiger partial charge < -0.3 is 15.0 Å². The number of halogens is 3. The van der Waals surface area contributed by atoms with Crippen molar-refractivity contribution >= 4 is 17.2 Å². The molecule has 0 bridgehead atoms. The zero-order valence-corrected chi connectivity index (χ0v) is 17.2. The lowest BCUT2D eigenvalue weighted by Crippen LogP contribution is -2.37. The molecule has 1 aromatic carbocycles. The number of rotatable bonds is 4. The molecule has 1 aliphatic heterocycles. The van der Waals surface area contributed by atoms with Gasteiger partial charge in [-0.05, 0) is 43.7 Å². The second-order valence-electron chi connectivity index (χ2n) is 7.66. The maximum atomic E-state index is 13.1. The van der Waals surface area contributed by atoms with Crippen molar-refractivity contribution in [2.75, 3.05) is 36.5 Å². The molecule has 164 valence electrons. The van der Waals surface area contributed by atoms with Crippen molar-refractivity contribution in [2.24, 2.45) is 0 Å². The molecule has 4 rings (SSSR count). The fraction of sp³-hybridized carbons (Fsp3) is 0.364. The van der Waals surface area contributed by atoms with Gasteiger partial charge in [0.25, 0.3) is 5.56 Å². The Morgan fingerprint density at radius 2 is 1.90 bits per heavy atom. The van der Waals surface area contributed by atoms with E-state index in [1.165, 1.54) is 16.5 Å². The number of nitrogens with zero attached hydrogens (tertiary/aromatic N) is 3. The van der Waals surface area contributed by atoms with E-state index in [0.717, 1.165) is 23.3 Å². The minimum absolute atomic E-state index is 0.206. The lowest BCUT2D eigenvalue weighted by molar-refractivity contribution is -0.137. The highest BCUT2D eigenvalue weighted by Gasteiger charge is 2.30. The van der Waals surface area contributed by atoms with E-state index in [-0.39, 0.29) is 11.6 Å². The summed E-state index contributed by atoms with van der Waals surface area (Å²) < 4.78 is 46.1. The SMILES string of the molecule is Cc1cc(C(C)Nc2cccc(C(F)(F)F)c2)c2nc(N3CCOCC3)cc(=O)n2c1. The maximum absolute atomic E-state index is 13.1. The second-order valence-corrected chi connectivity index (χ2v) is 7.66.